The minimum atomic E-state index is 0.0720. The van der Waals surface area contributed by atoms with Crippen molar-refractivity contribution in [1.82, 2.24) is 30.4 Å². The number of allylic oxidation sites excluding steroid dienone is 2. The van der Waals surface area contributed by atoms with Gasteiger partial charge in [0.15, 0.2) is 0 Å². The Morgan fingerprint density at radius 2 is 1.06 bits per heavy atom. The number of H-pyrrole nitrogens is 2. The van der Waals surface area contributed by atoms with Crippen LogP contribution in [0.1, 0.15) is 97.8 Å². The van der Waals surface area contributed by atoms with Crippen LogP contribution in [-0.4, -0.2) is 30.4 Å². The zero-order chi connectivity index (χ0) is 36.2. The van der Waals surface area contributed by atoms with Crippen LogP contribution in [0.15, 0.2) is 122 Å². The fourth-order valence-electron chi connectivity index (χ4n) is 10.2. The van der Waals surface area contributed by atoms with Gasteiger partial charge in [0.1, 0.15) is 11.4 Å². The molecule has 4 aliphatic carbocycles. The standard InChI is InChI=1S/2C24H25N3/c1-3-9-19(10-4-1)24(20-11-5-2-6-12-20)14-13-21-22(16-24)26-27-23(21)18-8-7-15-25-17-18;1-3-9-18(10-4-1)24(19-11-5-2-6-12-19)15-14-20-22(17-24)26-27-23(20)21-13-7-8-16-25-21/h1,3-4,7-10,13-15,17,20H,2,5-6,11-12,16H2,(H,26,27);1,3-4,7-10,13-16,19H,2,5-6,11-12,17H2,(H,26,27). The summed E-state index contributed by atoms with van der Waals surface area (Å²) >= 11 is 0. The molecule has 6 nitrogen and oxygen atoms in total. The average Bonchev–Trinajstić information content (AvgIpc) is 3.89. The number of hydrogen-bond acceptors (Lipinski definition) is 4. The summed E-state index contributed by atoms with van der Waals surface area (Å²) < 4.78 is 0. The summed E-state index contributed by atoms with van der Waals surface area (Å²) in [5.41, 5.74) is 11.9. The van der Waals surface area contributed by atoms with E-state index in [9.17, 15) is 0 Å². The lowest BCUT2D eigenvalue weighted by Gasteiger charge is -2.43. The lowest BCUT2D eigenvalue weighted by atomic mass is 9.61. The van der Waals surface area contributed by atoms with Crippen LogP contribution in [0.25, 0.3) is 34.8 Å². The van der Waals surface area contributed by atoms with Gasteiger partial charge in [-0.1, -0.05) is 130 Å². The Hall–Kier alpha value is -5.36. The van der Waals surface area contributed by atoms with Crippen LogP contribution >= 0.6 is 0 Å². The third kappa shape index (κ3) is 6.46. The third-order valence-electron chi connectivity index (χ3n) is 12.9. The Bertz CT molecular complexity index is 2030. The summed E-state index contributed by atoms with van der Waals surface area (Å²) in [6.07, 6.45) is 30.5. The summed E-state index contributed by atoms with van der Waals surface area (Å²) in [4.78, 5) is 8.76. The van der Waals surface area contributed by atoms with Crippen LogP contribution in [0.3, 0.4) is 0 Å². The Balaban J connectivity index is 0.000000142. The number of pyridine rings is 2. The number of fused-ring (bicyclic) bond motifs is 2. The smallest absolute Gasteiger partial charge is 0.118 e. The van der Waals surface area contributed by atoms with Crippen molar-refractivity contribution in [2.45, 2.75) is 87.9 Å². The maximum Gasteiger partial charge on any atom is 0.118 e. The molecule has 0 spiro atoms. The summed E-state index contributed by atoms with van der Waals surface area (Å²) in [6.45, 7) is 0. The number of benzene rings is 2. The van der Waals surface area contributed by atoms with Gasteiger partial charge in [0.2, 0.25) is 0 Å². The van der Waals surface area contributed by atoms with Crippen LogP contribution in [0.4, 0.5) is 0 Å². The van der Waals surface area contributed by atoms with E-state index in [1.807, 2.05) is 42.9 Å². The molecule has 0 amide bonds. The molecule has 0 saturated heterocycles. The minimum Gasteiger partial charge on any atom is -0.281 e. The van der Waals surface area contributed by atoms with Crippen molar-refractivity contribution in [2.24, 2.45) is 11.8 Å². The molecule has 10 rings (SSSR count). The number of nitrogens with zero attached hydrogens (tertiary/aromatic N) is 4. The molecule has 2 fully saturated rings. The highest BCUT2D eigenvalue weighted by Crippen LogP contribution is 2.49. The molecule has 2 atom stereocenters. The van der Waals surface area contributed by atoms with E-state index in [0.717, 1.165) is 35.5 Å². The Morgan fingerprint density at radius 1 is 0.519 bits per heavy atom. The Kier molecular flexibility index (Phi) is 9.67. The van der Waals surface area contributed by atoms with Gasteiger partial charge >= 0.3 is 0 Å². The SMILES string of the molecule is C1=CC(c2ccccc2)(C2CCCCC2)Cc2[nH]nc(-c3ccccn3)c21.C1=CC(c2ccccc2)(C2CCCCC2)Cc2[nH]nc(-c3cccnc3)c21. The van der Waals surface area contributed by atoms with Crippen molar-refractivity contribution in [1.29, 1.82) is 0 Å². The van der Waals surface area contributed by atoms with Gasteiger partial charge < -0.3 is 0 Å². The summed E-state index contributed by atoms with van der Waals surface area (Å²) in [6, 6.07) is 32.2. The first-order chi connectivity index (χ1) is 26.7. The normalized spacial score (nSPS) is 22.5. The highest BCUT2D eigenvalue weighted by Gasteiger charge is 2.43. The molecule has 6 aromatic rings. The monoisotopic (exact) mass is 710 g/mol. The zero-order valence-electron chi connectivity index (χ0n) is 31.1. The van der Waals surface area contributed by atoms with Crippen molar-refractivity contribution in [3.63, 3.8) is 0 Å². The van der Waals surface area contributed by atoms with Gasteiger partial charge in [-0.25, -0.2) is 0 Å². The van der Waals surface area contributed by atoms with Crippen molar-refractivity contribution in [3.8, 4) is 22.6 Å². The predicted octanol–water partition coefficient (Wildman–Crippen LogP) is 11.1. The van der Waals surface area contributed by atoms with Gasteiger partial charge in [-0.05, 0) is 72.9 Å². The van der Waals surface area contributed by atoms with Gasteiger partial charge in [0, 0.05) is 70.3 Å². The van der Waals surface area contributed by atoms with Crippen molar-refractivity contribution >= 4 is 12.2 Å². The van der Waals surface area contributed by atoms with Crippen LogP contribution in [0.5, 0.6) is 0 Å². The third-order valence-corrected chi connectivity index (χ3v) is 12.9. The van der Waals surface area contributed by atoms with Crippen molar-refractivity contribution in [3.05, 3.63) is 155 Å². The summed E-state index contributed by atoms with van der Waals surface area (Å²) in [5.74, 6) is 1.39. The largest absolute Gasteiger partial charge is 0.281 e. The minimum absolute atomic E-state index is 0.0720. The van der Waals surface area contributed by atoms with E-state index in [1.165, 1.54) is 97.8 Å². The van der Waals surface area contributed by atoms with E-state index in [1.54, 1.807) is 0 Å². The zero-order valence-corrected chi connectivity index (χ0v) is 31.1. The highest BCUT2D eigenvalue weighted by atomic mass is 15.1. The van der Waals surface area contributed by atoms with Gasteiger partial charge in [0.05, 0.1) is 5.69 Å². The molecule has 272 valence electrons. The van der Waals surface area contributed by atoms with E-state index < -0.39 is 0 Å². The molecule has 2 aromatic carbocycles. The Morgan fingerprint density at radius 3 is 1.57 bits per heavy atom. The molecule has 2 saturated carbocycles. The molecule has 4 heterocycles. The molecule has 0 bridgehead atoms. The molecule has 4 aromatic heterocycles. The van der Waals surface area contributed by atoms with Crippen LogP contribution in [-0.2, 0) is 23.7 Å². The van der Waals surface area contributed by atoms with Gasteiger partial charge in [-0.15, -0.1) is 0 Å². The van der Waals surface area contributed by atoms with Crippen molar-refractivity contribution in [2.75, 3.05) is 0 Å². The van der Waals surface area contributed by atoms with E-state index >= 15 is 0 Å². The van der Waals surface area contributed by atoms with Gasteiger partial charge in [-0.2, -0.15) is 10.2 Å². The fraction of sp³-hybridized carbons (Fsp3) is 0.333. The van der Waals surface area contributed by atoms with E-state index in [4.69, 9.17) is 0 Å². The first-order valence-corrected chi connectivity index (χ1v) is 20.2. The fourth-order valence-corrected chi connectivity index (χ4v) is 10.2. The van der Waals surface area contributed by atoms with Crippen LogP contribution in [0.2, 0.25) is 0 Å². The molecule has 0 aliphatic heterocycles. The molecule has 4 aliphatic rings. The molecule has 2 N–H and O–H groups in total. The maximum absolute atomic E-state index is 4.66. The first kappa shape index (κ1) is 34.4. The van der Waals surface area contributed by atoms with E-state index in [-0.39, 0.29) is 10.8 Å². The molecule has 2 unspecified atom stereocenters. The number of nitrogens with one attached hydrogen (secondary N) is 2. The second-order valence-electron chi connectivity index (χ2n) is 15.9. The summed E-state index contributed by atoms with van der Waals surface area (Å²) in [7, 11) is 0. The van der Waals surface area contributed by atoms with E-state index in [0.29, 0.717) is 11.8 Å². The molecular weight excluding hydrogens is 661 g/mol. The number of rotatable bonds is 6. The molecule has 6 heteroatoms. The summed E-state index contributed by atoms with van der Waals surface area (Å²) in [5, 5.41) is 16.0. The van der Waals surface area contributed by atoms with Crippen LogP contribution < -0.4 is 0 Å². The molecule has 0 radical (unpaired) electrons. The first-order valence-electron chi connectivity index (χ1n) is 20.2. The predicted molar refractivity (Wildman–Crippen MR) is 219 cm³/mol. The van der Waals surface area contributed by atoms with Gasteiger partial charge in [-0.3, -0.25) is 20.2 Å². The highest BCUT2D eigenvalue weighted by molar-refractivity contribution is 5.76. The molecule has 54 heavy (non-hydrogen) atoms. The number of aromatic amines is 2. The number of hydrogen-bond donors (Lipinski definition) is 2. The Labute approximate surface area is 319 Å². The average molecular weight is 711 g/mol. The van der Waals surface area contributed by atoms with Gasteiger partial charge in [0.25, 0.3) is 0 Å². The van der Waals surface area contributed by atoms with Crippen LogP contribution in [0, 0.1) is 11.8 Å². The second kappa shape index (κ2) is 15.2. The molecular formula is C48H50N6. The number of aromatic nitrogens is 6. The van der Waals surface area contributed by atoms with E-state index in [2.05, 4.69) is 121 Å². The lowest BCUT2D eigenvalue weighted by molar-refractivity contribution is 0.241. The van der Waals surface area contributed by atoms with Crippen molar-refractivity contribution < 1.29 is 0 Å². The maximum atomic E-state index is 4.66. The second-order valence-corrected chi connectivity index (χ2v) is 15.9. The topological polar surface area (TPSA) is 83.1 Å². The lowest BCUT2D eigenvalue weighted by Crippen LogP contribution is -2.38. The quantitative estimate of drug-likeness (QED) is 0.180.